The van der Waals surface area contributed by atoms with Crippen LogP contribution in [0.4, 0.5) is 0 Å². The number of aromatic nitrogens is 2. The third kappa shape index (κ3) is 3.06. The summed E-state index contributed by atoms with van der Waals surface area (Å²) in [5, 5.41) is 11.2. The van der Waals surface area contributed by atoms with E-state index in [1.807, 2.05) is 43.3 Å². The van der Waals surface area contributed by atoms with Crippen LogP contribution in [0.1, 0.15) is 28.8 Å². The van der Waals surface area contributed by atoms with Crippen LogP contribution < -0.4 is 5.32 Å². The minimum Gasteiger partial charge on any atom is -0.416 e. The molecular formula is C19H17N3O2. The smallest absolute Gasteiger partial charge is 0.251 e. The van der Waals surface area contributed by atoms with Crippen LogP contribution in [0.3, 0.4) is 0 Å². The Morgan fingerprint density at radius 2 is 1.75 bits per heavy atom. The molecule has 1 amide bonds. The van der Waals surface area contributed by atoms with E-state index in [1.54, 1.807) is 12.1 Å². The lowest BCUT2D eigenvalue weighted by Crippen LogP contribution is -2.25. The molecule has 0 aliphatic heterocycles. The highest BCUT2D eigenvalue weighted by atomic mass is 16.4. The minimum atomic E-state index is -0.0324. The first-order valence-corrected chi connectivity index (χ1v) is 8.01. The van der Waals surface area contributed by atoms with Crippen LogP contribution in [0.2, 0.25) is 0 Å². The molecule has 0 radical (unpaired) electrons. The lowest BCUT2D eigenvalue weighted by atomic mass is 10.1. The van der Waals surface area contributed by atoms with E-state index in [0.717, 1.165) is 29.5 Å². The minimum absolute atomic E-state index is 0.0324. The molecule has 24 heavy (non-hydrogen) atoms. The van der Waals surface area contributed by atoms with Crippen molar-refractivity contribution in [1.82, 2.24) is 15.5 Å². The first-order chi connectivity index (χ1) is 11.7. The van der Waals surface area contributed by atoms with Crippen molar-refractivity contribution in [2.24, 2.45) is 0 Å². The number of amides is 1. The van der Waals surface area contributed by atoms with Gasteiger partial charge in [-0.2, -0.15) is 0 Å². The van der Waals surface area contributed by atoms with Gasteiger partial charge in [-0.3, -0.25) is 4.79 Å². The van der Waals surface area contributed by atoms with Crippen molar-refractivity contribution < 1.29 is 9.21 Å². The average Bonchev–Trinajstić information content (AvgIpc) is 3.27. The highest BCUT2D eigenvalue weighted by molar-refractivity contribution is 5.94. The van der Waals surface area contributed by atoms with Crippen molar-refractivity contribution in [3.8, 4) is 22.9 Å². The first kappa shape index (κ1) is 14.6. The number of carbonyl (C=O) groups excluding carboxylic acids is 1. The van der Waals surface area contributed by atoms with E-state index in [-0.39, 0.29) is 5.91 Å². The van der Waals surface area contributed by atoms with Crippen molar-refractivity contribution in [3.63, 3.8) is 0 Å². The van der Waals surface area contributed by atoms with Gasteiger partial charge in [-0.1, -0.05) is 17.7 Å². The van der Waals surface area contributed by atoms with E-state index in [2.05, 4.69) is 15.5 Å². The van der Waals surface area contributed by atoms with Gasteiger partial charge in [0.05, 0.1) is 0 Å². The Labute approximate surface area is 139 Å². The summed E-state index contributed by atoms with van der Waals surface area (Å²) in [6.45, 7) is 2.02. The number of hydrogen-bond donors (Lipinski definition) is 1. The average molecular weight is 319 g/mol. The van der Waals surface area contributed by atoms with E-state index >= 15 is 0 Å². The van der Waals surface area contributed by atoms with E-state index in [1.165, 1.54) is 0 Å². The fourth-order valence-corrected chi connectivity index (χ4v) is 2.50. The molecule has 2 aromatic carbocycles. The van der Waals surface area contributed by atoms with E-state index in [0.29, 0.717) is 23.4 Å². The second-order valence-corrected chi connectivity index (χ2v) is 6.11. The predicted molar refractivity (Wildman–Crippen MR) is 90.4 cm³/mol. The van der Waals surface area contributed by atoms with Gasteiger partial charge < -0.3 is 9.73 Å². The summed E-state index contributed by atoms with van der Waals surface area (Å²) in [5.41, 5.74) is 3.47. The van der Waals surface area contributed by atoms with Crippen LogP contribution in [0.25, 0.3) is 22.9 Å². The molecule has 1 heterocycles. The van der Waals surface area contributed by atoms with E-state index in [4.69, 9.17) is 4.42 Å². The number of aryl methyl sites for hydroxylation is 1. The van der Waals surface area contributed by atoms with Gasteiger partial charge in [0.1, 0.15) is 0 Å². The number of hydrogen-bond acceptors (Lipinski definition) is 4. The van der Waals surface area contributed by atoms with Crippen LogP contribution in [0.15, 0.2) is 52.9 Å². The van der Waals surface area contributed by atoms with Gasteiger partial charge in [0.15, 0.2) is 0 Å². The third-order valence-electron chi connectivity index (χ3n) is 4.00. The van der Waals surface area contributed by atoms with Gasteiger partial charge in [0.2, 0.25) is 11.8 Å². The predicted octanol–water partition coefficient (Wildman–Crippen LogP) is 3.60. The molecule has 1 fully saturated rings. The molecule has 0 bridgehead atoms. The van der Waals surface area contributed by atoms with Crippen molar-refractivity contribution in [2.75, 3.05) is 0 Å². The van der Waals surface area contributed by atoms with Crippen molar-refractivity contribution >= 4 is 5.91 Å². The maximum atomic E-state index is 12.0. The maximum Gasteiger partial charge on any atom is 0.251 e. The van der Waals surface area contributed by atoms with Gasteiger partial charge in [-0.15, -0.1) is 10.2 Å². The number of nitrogens with zero attached hydrogens (tertiary/aromatic N) is 2. The largest absolute Gasteiger partial charge is 0.416 e. The van der Waals surface area contributed by atoms with Crippen LogP contribution in [0, 0.1) is 6.92 Å². The van der Waals surface area contributed by atoms with Crippen LogP contribution in [-0.2, 0) is 0 Å². The number of benzene rings is 2. The Kier molecular flexibility index (Phi) is 3.61. The van der Waals surface area contributed by atoms with E-state index < -0.39 is 0 Å². The fourth-order valence-electron chi connectivity index (χ4n) is 2.50. The zero-order valence-corrected chi connectivity index (χ0v) is 13.3. The Hall–Kier alpha value is -2.95. The standard InChI is InChI=1S/C19H17N3O2/c1-12-3-2-4-15(11-12)19-22-21-18(24-19)14-7-5-13(6-8-14)17(23)20-16-9-10-16/h2-8,11,16H,9-10H2,1H3,(H,20,23). The van der Waals surface area contributed by atoms with Crippen molar-refractivity contribution in [3.05, 3.63) is 59.7 Å². The summed E-state index contributed by atoms with van der Waals surface area (Å²) in [5.74, 6) is 0.903. The van der Waals surface area contributed by atoms with Crippen molar-refractivity contribution in [1.29, 1.82) is 0 Å². The molecule has 5 heteroatoms. The summed E-state index contributed by atoms with van der Waals surface area (Å²) >= 11 is 0. The summed E-state index contributed by atoms with van der Waals surface area (Å²) in [6.07, 6.45) is 2.15. The summed E-state index contributed by atoms with van der Waals surface area (Å²) < 4.78 is 5.76. The normalized spacial score (nSPS) is 13.7. The Bertz CT molecular complexity index is 880. The zero-order valence-electron chi connectivity index (χ0n) is 13.3. The van der Waals surface area contributed by atoms with Gasteiger partial charge in [-0.25, -0.2) is 0 Å². The molecule has 0 spiro atoms. The molecule has 1 N–H and O–H groups in total. The number of rotatable bonds is 4. The van der Waals surface area contributed by atoms with Crippen LogP contribution in [-0.4, -0.2) is 22.1 Å². The Morgan fingerprint density at radius 3 is 2.42 bits per heavy atom. The van der Waals surface area contributed by atoms with Crippen LogP contribution >= 0.6 is 0 Å². The SMILES string of the molecule is Cc1cccc(-c2nnc(-c3ccc(C(=O)NC4CC4)cc3)o2)c1. The Balaban J connectivity index is 1.54. The molecule has 0 saturated heterocycles. The molecular weight excluding hydrogens is 302 g/mol. The number of carbonyl (C=O) groups is 1. The van der Waals surface area contributed by atoms with Crippen molar-refractivity contribution in [2.45, 2.75) is 25.8 Å². The molecule has 4 rings (SSSR count). The second-order valence-electron chi connectivity index (χ2n) is 6.11. The topological polar surface area (TPSA) is 68.0 Å². The Morgan fingerprint density at radius 1 is 1.04 bits per heavy atom. The molecule has 1 aliphatic rings. The highest BCUT2D eigenvalue weighted by Gasteiger charge is 2.23. The maximum absolute atomic E-state index is 12.0. The molecule has 1 saturated carbocycles. The summed E-state index contributed by atoms with van der Waals surface area (Å²) in [4.78, 5) is 12.0. The van der Waals surface area contributed by atoms with Gasteiger partial charge in [0.25, 0.3) is 5.91 Å². The molecule has 1 aliphatic carbocycles. The van der Waals surface area contributed by atoms with Gasteiger partial charge in [0, 0.05) is 22.7 Å². The summed E-state index contributed by atoms with van der Waals surface area (Å²) in [6, 6.07) is 15.5. The van der Waals surface area contributed by atoms with Crippen LogP contribution in [0.5, 0.6) is 0 Å². The van der Waals surface area contributed by atoms with Gasteiger partial charge in [-0.05, 0) is 56.2 Å². The fraction of sp³-hybridized carbons (Fsp3) is 0.211. The first-order valence-electron chi connectivity index (χ1n) is 8.01. The third-order valence-corrected chi connectivity index (χ3v) is 4.00. The molecule has 5 nitrogen and oxygen atoms in total. The molecule has 120 valence electrons. The van der Waals surface area contributed by atoms with E-state index in [9.17, 15) is 4.79 Å². The molecule has 0 atom stereocenters. The summed E-state index contributed by atoms with van der Waals surface area (Å²) in [7, 11) is 0. The lowest BCUT2D eigenvalue weighted by molar-refractivity contribution is 0.0951. The quantitative estimate of drug-likeness (QED) is 0.798. The highest BCUT2D eigenvalue weighted by Crippen LogP contribution is 2.25. The van der Waals surface area contributed by atoms with Gasteiger partial charge >= 0.3 is 0 Å². The zero-order chi connectivity index (χ0) is 16.5. The molecule has 3 aromatic rings. The second kappa shape index (κ2) is 5.92. The monoisotopic (exact) mass is 319 g/mol. The lowest BCUT2D eigenvalue weighted by Gasteiger charge is -2.03. The number of nitrogens with one attached hydrogen (secondary N) is 1. The molecule has 0 unspecified atom stereocenters. The molecule has 1 aromatic heterocycles.